The first-order valence-corrected chi connectivity index (χ1v) is 15.7. The number of nitriles is 1. The van der Waals surface area contributed by atoms with Crippen molar-refractivity contribution in [1.82, 2.24) is 15.2 Å². The van der Waals surface area contributed by atoms with Gasteiger partial charge in [0.2, 0.25) is 0 Å². The molecule has 5 N–H and O–H groups in total. The maximum atomic E-state index is 13.8. The molecule has 45 heavy (non-hydrogen) atoms. The van der Waals surface area contributed by atoms with Gasteiger partial charge >= 0.3 is 0 Å². The number of hydrogen-bond acceptors (Lipinski definition) is 8. The van der Waals surface area contributed by atoms with Crippen molar-refractivity contribution in [2.45, 2.75) is 37.4 Å². The van der Waals surface area contributed by atoms with Gasteiger partial charge in [0.15, 0.2) is 0 Å². The summed E-state index contributed by atoms with van der Waals surface area (Å²) in [5, 5.41) is 21.9. The number of morpholine rings is 1. The molecule has 1 aromatic heterocycles. The molecule has 1 aliphatic heterocycles. The highest BCUT2D eigenvalue weighted by Crippen LogP contribution is 2.37. The van der Waals surface area contributed by atoms with Gasteiger partial charge in [0.05, 0.1) is 52.8 Å². The second kappa shape index (κ2) is 14.2. The first-order valence-electron chi connectivity index (χ1n) is 15.4. The molecule has 1 saturated carbocycles. The highest BCUT2D eigenvalue weighted by atomic mass is 35.5. The van der Waals surface area contributed by atoms with Crippen LogP contribution in [-0.2, 0) is 4.74 Å². The Balaban J connectivity index is 1.36. The number of ether oxygens (including phenoxy) is 1. The molecule has 1 aliphatic carbocycles. The lowest BCUT2D eigenvalue weighted by atomic mass is 10.0. The zero-order valence-corrected chi connectivity index (χ0v) is 25.7. The zero-order valence-electron chi connectivity index (χ0n) is 25.0. The first kappa shape index (κ1) is 30.7. The van der Waals surface area contributed by atoms with E-state index in [9.17, 15) is 9.65 Å². The van der Waals surface area contributed by atoms with Crippen molar-refractivity contribution in [1.29, 1.82) is 5.26 Å². The van der Waals surface area contributed by atoms with Crippen LogP contribution in [0.25, 0.3) is 10.9 Å². The van der Waals surface area contributed by atoms with E-state index in [1.807, 2.05) is 30.5 Å². The van der Waals surface area contributed by atoms with Gasteiger partial charge in [-0.05, 0) is 54.7 Å². The molecule has 0 radical (unpaired) electrons. The van der Waals surface area contributed by atoms with E-state index in [1.54, 1.807) is 24.4 Å². The van der Waals surface area contributed by atoms with E-state index < -0.39 is 6.04 Å². The highest BCUT2D eigenvalue weighted by Gasteiger charge is 2.23. The number of anilines is 2. The van der Waals surface area contributed by atoms with Crippen molar-refractivity contribution in [3.8, 4) is 6.07 Å². The van der Waals surface area contributed by atoms with Crippen molar-refractivity contribution in [3.05, 3.63) is 112 Å². The molecular formula is C35H37ClFN7O. The van der Waals surface area contributed by atoms with Crippen molar-refractivity contribution in [2.75, 3.05) is 43.5 Å². The molecule has 0 amide bonds. The number of hydrogen-bond donors (Lipinski definition) is 4. The molecule has 3 aromatic carbocycles. The molecule has 232 valence electrons. The van der Waals surface area contributed by atoms with Crippen molar-refractivity contribution < 1.29 is 9.13 Å². The Hall–Kier alpha value is -4.36. The van der Waals surface area contributed by atoms with Gasteiger partial charge in [-0.15, -0.1) is 0 Å². The third-order valence-electron chi connectivity index (χ3n) is 8.31. The minimum Gasteiger partial charge on any atom is -0.399 e. The van der Waals surface area contributed by atoms with Crippen molar-refractivity contribution >= 4 is 33.9 Å². The predicted molar refractivity (Wildman–Crippen MR) is 177 cm³/mol. The molecule has 1 saturated heterocycles. The maximum absolute atomic E-state index is 13.8. The Labute approximate surface area is 268 Å². The Morgan fingerprint density at radius 1 is 1.09 bits per heavy atom. The summed E-state index contributed by atoms with van der Waals surface area (Å²) in [6, 6.07) is 22.5. The predicted octanol–water partition coefficient (Wildman–Crippen LogP) is 6.48. The van der Waals surface area contributed by atoms with Gasteiger partial charge in [-0.2, -0.15) is 5.26 Å². The van der Waals surface area contributed by atoms with Gasteiger partial charge in [0.1, 0.15) is 11.9 Å². The number of nitrogens with zero attached hydrogens (tertiary/aromatic N) is 3. The fourth-order valence-electron chi connectivity index (χ4n) is 5.63. The van der Waals surface area contributed by atoms with Crippen LogP contribution < -0.4 is 21.7 Å². The Morgan fingerprint density at radius 3 is 2.56 bits per heavy atom. The summed E-state index contributed by atoms with van der Waals surface area (Å²) in [7, 11) is 0. The fraction of sp³-hybridized carbons (Fsp3) is 0.314. The number of nitrogens with one attached hydrogen (secondary N) is 3. The molecule has 2 aliphatic rings. The molecule has 8 nitrogen and oxygen atoms in total. The lowest BCUT2D eigenvalue weighted by Crippen LogP contribution is -2.37. The smallest absolute Gasteiger partial charge is 0.123 e. The molecule has 2 heterocycles. The summed E-state index contributed by atoms with van der Waals surface area (Å²) in [4.78, 5) is 6.96. The van der Waals surface area contributed by atoms with Crippen LogP contribution in [0, 0.1) is 17.1 Å². The minimum absolute atomic E-state index is 0.0684. The van der Waals surface area contributed by atoms with E-state index in [0.29, 0.717) is 44.6 Å². The van der Waals surface area contributed by atoms with Crippen LogP contribution >= 0.6 is 11.6 Å². The molecule has 2 fully saturated rings. The van der Waals surface area contributed by atoms with Gasteiger partial charge in [0.25, 0.3) is 0 Å². The lowest BCUT2D eigenvalue weighted by molar-refractivity contribution is 0.0368. The van der Waals surface area contributed by atoms with Gasteiger partial charge in [-0.3, -0.25) is 9.88 Å². The highest BCUT2D eigenvalue weighted by molar-refractivity contribution is 6.35. The van der Waals surface area contributed by atoms with Gasteiger partial charge in [-0.1, -0.05) is 54.1 Å². The Kier molecular flexibility index (Phi) is 9.65. The molecular weight excluding hydrogens is 589 g/mol. The molecule has 10 heteroatoms. The van der Waals surface area contributed by atoms with Crippen molar-refractivity contribution in [3.63, 3.8) is 0 Å². The quantitative estimate of drug-likeness (QED) is 0.142. The van der Waals surface area contributed by atoms with E-state index >= 15 is 0 Å². The lowest BCUT2D eigenvalue weighted by Gasteiger charge is -2.29. The molecule has 6 rings (SSSR count). The normalized spacial score (nSPS) is 17.0. The average molecular weight is 626 g/mol. The van der Waals surface area contributed by atoms with Crippen LogP contribution in [0.4, 0.5) is 15.8 Å². The SMILES string of the molecule is N#Cc1cnc2c(Cl)cc(NC(/C(N)=C/NC3CC3)c3ccc(F)cc3)cc2c1NC(CCN1CCOCC1)c1ccccc1. The van der Waals surface area contributed by atoms with Gasteiger partial charge in [-0.25, -0.2) is 4.39 Å². The topological polar surface area (TPSA) is 111 Å². The third kappa shape index (κ3) is 7.66. The fourth-order valence-corrected chi connectivity index (χ4v) is 5.90. The first-order chi connectivity index (χ1) is 22.0. The summed E-state index contributed by atoms with van der Waals surface area (Å²) in [5.41, 5.74) is 11.4. The largest absolute Gasteiger partial charge is 0.399 e. The van der Waals surface area contributed by atoms with E-state index in [1.165, 1.54) is 12.1 Å². The Bertz CT molecular complexity index is 1680. The molecule has 2 atom stereocenters. The summed E-state index contributed by atoms with van der Waals surface area (Å²) >= 11 is 6.85. The van der Waals surface area contributed by atoms with Gasteiger partial charge in [0, 0.05) is 49.1 Å². The zero-order chi connectivity index (χ0) is 31.2. The van der Waals surface area contributed by atoms with Crippen LogP contribution in [0.2, 0.25) is 5.02 Å². The van der Waals surface area contributed by atoms with E-state index in [-0.39, 0.29) is 11.9 Å². The number of rotatable bonds is 12. The summed E-state index contributed by atoms with van der Waals surface area (Å²) < 4.78 is 19.4. The van der Waals surface area contributed by atoms with Crippen LogP contribution in [0.5, 0.6) is 0 Å². The van der Waals surface area contributed by atoms with Crippen LogP contribution in [-0.4, -0.2) is 48.8 Å². The summed E-state index contributed by atoms with van der Waals surface area (Å²) in [6.45, 7) is 4.16. The number of halogens is 2. The second-order valence-electron chi connectivity index (χ2n) is 11.6. The number of nitrogens with two attached hydrogens (primary N) is 1. The number of benzene rings is 3. The summed E-state index contributed by atoms with van der Waals surface area (Å²) in [6.07, 6.45) is 6.44. The third-order valence-corrected chi connectivity index (χ3v) is 8.60. The second-order valence-corrected chi connectivity index (χ2v) is 12.0. The average Bonchev–Trinajstić information content (AvgIpc) is 3.90. The number of aromatic nitrogens is 1. The number of fused-ring (bicyclic) bond motifs is 1. The van der Waals surface area contributed by atoms with E-state index in [4.69, 9.17) is 22.1 Å². The standard InChI is InChI=1S/C35H37ClFN7O/c36-30-19-28(42-34(24-6-8-26(37)9-7-24)31(39)22-40-27-10-11-27)18-29-33(25(20-38)21-41-35(29)30)43-32(23-4-2-1-3-5-23)12-13-44-14-16-45-17-15-44/h1-9,18-19,21-22,27,32,34,40,42H,10-17,39H2,(H,41,43)/b31-22-. The monoisotopic (exact) mass is 625 g/mol. The maximum Gasteiger partial charge on any atom is 0.123 e. The molecule has 4 aromatic rings. The summed E-state index contributed by atoms with van der Waals surface area (Å²) in [5.74, 6) is -0.322. The van der Waals surface area contributed by atoms with Crippen LogP contribution in [0.15, 0.2) is 84.8 Å². The molecule has 0 spiro atoms. The molecule has 2 unspecified atom stereocenters. The van der Waals surface area contributed by atoms with Crippen LogP contribution in [0.3, 0.4) is 0 Å². The molecule has 0 bridgehead atoms. The van der Waals surface area contributed by atoms with E-state index in [2.05, 4.69) is 44.0 Å². The number of pyridine rings is 1. The Morgan fingerprint density at radius 2 is 1.84 bits per heavy atom. The van der Waals surface area contributed by atoms with Crippen molar-refractivity contribution in [2.24, 2.45) is 5.73 Å². The van der Waals surface area contributed by atoms with Crippen LogP contribution in [0.1, 0.15) is 48.0 Å². The van der Waals surface area contributed by atoms with Gasteiger partial charge < -0.3 is 26.4 Å². The minimum atomic E-state index is -0.459. The van der Waals surface area contributed by atoms with E-state index in [0.717, 1.165) is 63.2 Å².